The van der Waals surface area contributed by atoms with Gasteiger partial charge in [0.25, 0.3) is 15.6 Å². The van der Waals surface area contributed by atoms with Crippen molar-refractivity contribution in [3.8, 4) is 11.5 Å². The Kier molecular flexibility index (Phi) is 21.2. The second-order valence-electron chi connectivity index (χ2n) is 17.9. The fourth-order valence-corrected chi connectivity index (χ4v) is 11.0. The Morgan fingerprint density at radius 1 is 1.04 bits per heavy atom. The van der Waals surface area contributed by atoms with E-state index in [0.29, 0.717) is 40.9 Å². The molecule has 2 aliphatic rings. The number of imidazole rings is 1. The molecule has 0 spiro atoms. The average molecular weight is 1150 g/mol. The van der Waals surface area contributed by atoms with Gasteiger partial charge in [0.2, 0.25) is 11.8 Å². The number of nitrogens with zero attached hydrogens (tertiary/aromatic N) is 4. The van der Waals surface area contributed by atoms with Gasteiger partial charge in [-0.05, 0) is 51.2 Å². The van der Waals surface area contributed by atoms with E-state index in [9.17, 15) is 72.6 Å². The Morgan fingerprint density at radius 3 is 2.42 bits per heavy atom. The van der Waals surface area contributed by atoms with Crippen molar-refractivity contribution in [2.75, 3.05) is 44.9 Å². The van der Waals surface area contributed by atoms with Crippen LogP contribution in [0.3, 0.4) is 0 Å². The Bertz CT molecular complexity index is 2890. The van der Waals surface area contributed by atoms with Crippen molar-refractivity contribution >= 4 is 80.9 Å². The molecule has 2 amide bonds. The summed E-state index contributed by atoms with van der Waals surface area (Å²) in [5.74, 6) is -2.27. The number of methoxy groups -OCH3 is 1. The summed E-state index contributed by atoms with van der Waals surface area (Å²) in [6, 6.07) is 0. The lowest BCUT2D eigenvalue weighted by Gasteiger charge is -2.36. The van der Waals surface area contributed by atoms with Crippen LogP contribution in [0.15, 0.2) is 36.0 Å². The number of aliphatic hydroxyl groups is 2. The maximum absolute atomic E-state index is 12.7. The molecule has 76 heavy (non-hydrogen) atoms. The number of thioether (sulfide) groups is 1. The fraction of sp³-hybridized carbons (Fsp3) is 0.535. The highest BCUT2D eigenvalue weighted by Crippen LogP contribution is 2.56. The number of phosphoric ester groups is 3. The highest BCUT2D eigenvalue weighted by atomic mass is 32.2. The highest BCUT2D eigenvalue weighted by Gasteiger charge is 2.47. The number of carbonyl (C=O) groups is 5. The van der Waals surface area contributed by atoms with E-state index in [1.807, 2.05) is 13.0 Å². The number of allylic oxidation sites excluding steroid dienone is 4. The predicted octanol–water partition coefficient (Wildman–Crippen LogP) is -0.296. The second kappa shape index (κ2) is 26.1. The number of hydrogen-bond donors (Lipinski definition) is 6. The monoisotopic (exact) mass is 1150 g/mol. The van der Waals surface area contributed by atoms with Gasteiger partial charge in [-0.3, -0.25) is 32.9 Å². The Balaban J connectivity index is 0.974. The zero-order chi connectivity index (χ0) is 56.5. The third kappa shape index (κ3) is 16.5. The van der Waals surface area contributed by atoms with Gasteiger partial charge >= 0.3 is 5.97 Å². The molecule has 420 valence electrons. The number of ketones is 1. The number of esters is 1. The molecule has 3 aromatic rings. The Hall–Kier alpha value is -5.00. The number of aromatic hydroxyl groups is 1. The van der Waals surface area contributed by atoms with Crippen molar-refractivity contribution in [2.45, 2.75) is 104 Å². The molecule has 7 atom stereocenters. The molecule has 7 N–H and O–H groups in total. The van der Waals surface area contributed by atoms with Gasteiger partial charge < -0.3 is 83.6 Å². The SMILES string of the molecule is COc1c(C)c2c(c(O)c1C/C=C(\C)CC/C=C(\C)C(=O)CC(=O)SCCNC(=O)CCNC(=O)[C@H](O)C(C)(C)COP(=O)([O-])OP(=O)([O-])OC[C@H]1O[C@@H](n3cnc4c(N)ncnc43)[C@H](O)[C@@H]1OP(=O)([O-])[O-])C(=O)OC2. The number of nitrogens with one attached hydrogen (secondary N) is 2. The van der Waals surface area contributed by atoms with Gasteiger partial charge in [0.05, 0.1) is 40.9 Å². The van der Waals surface area contributed by atoms with Crippen LogP contribution < -0.4 is 40.7 Å². The number of phenols is 1. The number of anilines is 1. The smallest absolute Gasteiger partial charge is 0.342 e. The average Bonchev–Trinajstić information content (AvgIpc) is 4.03. The minimum absolute atomic E-state index is 0.0253. The van der Waals surface area contributed by atoms with E-state index in [2.05, 4.69) is 43.5 Å². The van der Waals surface area contributed by atoms with Crippen LogP contribution in [-0.2, 0) is 73.3 Å². The maximum Gasteiger partial charge on any atom is 0.342 e. The quantitative estimate of drug-likeness (QED) is 0.0136. The molecular weight excluding hydrogens is 1090 g/mol. The molecule has 1 saturated heterocycles. The molecule has 1 fully saturated rings. The Morgan fingerprint density at radius 2 is 1.74 bits per heavy atom. The van der Waals surface area contributed by atoms with Crippen molar-refractivity contribution in [1.82, 2.24) is 30.2 Å². The number of nitrogens with two attached hydrogens (primary N) is 1. The zero-order valence-electron chi connectivity index (χ0n) is 41.7. The van der Waals surface area contributed by atoms with Crippen molar-refractivity contribution < 1.29 is 105 Å². The summed E-state index contributed by atoms with van der Waals surface area (Å²) in [4.78, 5) is 122. The number of rotatable bonds is 28. The lowest BCUT2D eigenvalue weighted by Crippen LogP contribution is -2.46. The van der Waals surface area contributed by atoms with E-state index in [4.69, 9.17) is 19.9 Å². The molecule has 0 radical (unpaired) electrons. The predicted molar refractivity (Wildman–Crippen MR) is 257 cm³/mol. The summed E-state index contributed by atoms with van der Waals surface area (Å²) < 4.78 is 71.5. The number of phenolic OH excluding ortho intramolecular Hbond substituents is 1. The first-order chi connectivity index (χ1) is 35.5. The first kappa shape index (κ1) is 61.8. The number of carbonyl (C=O) groups excluding carboxylic acids is 5. The molecular formula is C43H56N7O22P3S-4. The van der Waals surface area contributed by atoms with Gasteiger partial charge in [0, 0.05) is 41.8 Å². The minimum Gasteiger partial charge on any atom is -0.790 e. The fourth-order valence-electron chi connectivity index (χ4n) is 7.63. The van der Waals surface area contributed by atoms with Crippen LogP contribution in [0, 0.1) is 12.3 Å². The van der Waals surface area contributed by atoms with Crippen molar-refractivity contribution in [3.63, 3.8) is 0 Å². The van der Waals surface area contributed by atoms with Crippen LogP contribution in [0.5, 0.6) is 11.5 Å². The van der Waals surface area contributed by atoms with E-state index < -0.39 is 95.6 Å². The number of hydrogen-bond acceptors (Lipinski definition) is 27. The number of cyclic esters (lactones) is 1. The zero-order valence-corrected chi connectivity index (χ0v) is 45.2. The molecule has 0 bridgehead atoms. The number of amides is 2. The molecule has 0 aliphatic carbocycles. The van der Waals surface area contributed by atoms with E-state index in [1.54, 1.807) is 19.9 Å². The molecule has 2 aliphatic heterocycles. The van der Waals surface area contributed by atoms with E-state index in [0.717, 1.165) is 34.6 Å². The van der Waals surface area contributed by atoms with Crippen molar-refractivity contribution in [3.05, 3.63) is 58.2 Å². The number of fused-ring (bicyclic) bond motifs is 2. The Labute approximate surface area is 438 Å². The molecule has 1 aromatic carbocycles. The van der Waals surface area contributed by atoms with Crippen LogP contribution >= 0.6 is 35.2 Å². The third-order valence-corrected chi connectivity index (χ3v) is 15.7. The lowest BCUT2D eigenvalue weighted by atomic mass is 9.87. The molecule has 29 nitrogen and oxygen atoms in total. The number of aromatic nitrogens is 4. The standard InChI is InChI=1S/C43H60N7O22P3S/c1-22(10-11-25-33(54)31-26(17-67-42(31)58)24(3)35(25)66-6)8-7-9-23(2)27(51)16-30(53)76-15-14-45-29(52)12-13-46-40(57)37(56)43(4,5)19-69-75(64,65)72-74(62,63)68-18-28-36(71-73(59,60)61)34(55)41(70-28)50-21-49-32-38(44)47-20-48-39(32)50/h9-10,20-21,28,34,36-37,41,54-56H,7-8,11-19H2,1-6H3,(H,45,52)(H,46,57)(H,62,63)(H,64,65)(H2,44,47,48)(H2,59,60,61)/p-4/b22-10+,23-9+/t28-,34-,36-,37+,41-/m1/s1. The molecule has 4 heterocycles. The highest BCUT2D eigenvalue weighted by molar-refractivity contribution is 8.13. The van der Waals surface area contributed by atoms with Gasteiger partial charge in [-0.25, -0.2) is 24.1 Å². The van der Waals surface area contributed by atoms with Gasteiger partial charge in [-0.2, -0.15) is 0 Å². The largest absolute Gasteiger partial charge is 0.790 e. The number of Topliss-reactive ketones (excluding diaryl/α,β-unsaturated/α-hetero) is 1. The normalized spacial score (nSPS) is 20.1. The van der Waals surface area contributed by atoms with Crippen molar-refractivity contribution in [2.24, 2.45) is 5.41 Å². The summed E-state index contributed by atoms with van der Waals surface area (Å²) in [5.41, 5.74) is 7.24. The topological polar surface area (TPSA) is 448 Å². The molecule has 0 saturated carbocycles. The summed E-state index contributed by atoms with van der Waals surface area (Å²) >= 11 is 0.833. The summed E-state index contributed by atoms with van der Waals surface area (Å²) in [6.45, 7) is 5.06. The van der Waals surface area contributed by atoms with Crippen LogP contribution in [0.4, 0.5) is 5.82 Å². The molecule has 2 aromatic heterocycles. The first-order valence-electron chi connectivity index (χ1n) is 22.9. The number of benzene rings is 1. The van der Waals surface area contributed by atoms with Gasteiger partial charge in [0.1, 0.15) is 59.9 Å². The van der Waals surface area contributed by atoms with Crippen molar-refractivity contribution in [1.29, 1.82) is 0 Å². The van der Waals surface area contributed by atoms with Crippen LogP contribution in [0.1, 0.15) is 86.7 Å². The third-order valence-electron chi connectivity index (χ3n) is 11.8. The van der Waals surface area contributed by atoms with E-state index in [1.165, 1.54) is 21.0 Å². The number of ether oxygens (including phenoxy) is 3. The van der Waals surface area contributed by atoms with Crippen LogP contribution in [0.25, 0.3) is 11.2 Å². The van der Waals surface area contributed by atoms with Gasteiger partial charge in [-0.15, -0.1) is 0 Å². The number of nitrogen functional groups attached to an aromatic ring is 1. The van der Waals surface area contributed by atoms with Gasteiger partial charge in [-0.1, -0.05) is 43.3 Å². The molecule has 2 unspecified atom stereocenters. The summed E-state index contributed by atoms with van der Waals surface area (Å²) in [5, 5.41) is 36.7. The lowest BCUT2D eigenvalue weighted by molar-refractivity contribution is -0.347. The molecule has 5 rings (SSSR count). The maximum atomic E-state index is 12.7. The van der Waals surface area contributed by atoms with E-state index >= 15 is 0 Å². The van der Waals surface area contributed by atoms with Gasteiger partial charge in [0.15, 0.2) is 28.6 Å². The molecule has 33 heteroatoms. The second-order valence-corrected chi connectivity index (χ2v) is 23.1. The number of aliphatic hydroxyl groups excluding tert-OH is 2. The van der Waals surface area contributed by atoms with E-state index in [-0.39, 0.29) is 78.8 Å². The van der Waals surface area contributed by atoms with Crippen LogP contribution in [0.2, 0.25) is 0 Å². The number of phosphoric acid groups is 3. The summed E-state index contributed by atoms with van der Waals surface area (Å²) in [6.07, 6.45) is -3.29. The minimum atomic E-state index is -5.96. The van der Waals surface area contributed by atoms with Crippen LogP contribution in [-0.4, -0.2) is 127 Å². The first-order valence-corrected chi connectivity index (χ1v) is 28.2. The summed E-state index contributed by atoms with van der Waals surface area (Å²) in [7, 11) is -16.3.